The first kappa shape index (κ1) is 33.4. The minimum Gasteiger partial charge on any atom is -0.497 e. The predicted molar refractivity (Wildman–Crippen MR) is 188 cm³/mol. The van der Waals surface area contributed by atoms with Crippen LogP contribution in [-0.4, -0.2) is 43.0 Å². The number of hydrogen-bond acceptors (Lipinski definition) is 6. The number of allylic oxidation sites excluding steroid dienone is 1. The first-order chi connectivity index (χ1) is 23.8. The summed E-state index contributed by atoms with van der Waals surface area (Å²) in [5.41, 5.74) is 4.75. The Labute approximate surface area is 287 Å². The molecule has 1 aromatic heterocycles. The standard InChI is InChI=1S/C39H33ClFN3O5/c1-48-26-18-16-24(17-19-26)20-21-42-38(46)28-10-3-5-15-34(28)43-35(45)23-49-39(47)36-27-9-2-4-14-33(27)44-37-25(8-6-11-29(36)37)22-30-31(40)12-7-13-32(30)41/h2-5,7,9-10,12-19,22H,6,8,11,20-21,23H2,1H3,(H,42,46)(H,43,45). The minimum atomic E-state index is -0.681. The van der Waals surface area contributed by atoms with Crippen molar-refractivity contribution in [2.45, 2.75) is 25.7 Å². The number of para-hydroxylation sites is 2. The average Bonchev–Trinajstić information content (AvgIpc) is 3.11. The third-order valence-corrected chi connectivity index (χ3v) is 8.66. The molecule has 10 heteroatoms. The third kappa shape index (κ3) is 7.63. The first-order valence-electron chi connectivity index (χ1n) is 15.9. The Morgan fingerprint density at radius 1 is 0.939 bits per heavy atom. The number of rotatable bonds is 10. The van der Waals surface area contributed by atoms with E-state index in [1.165, 1.54) is 6.07 Å². The van der Waals surface area contributed by atoms with Crippen molar-refractivity contribution in [1.29, 1.82) is 0 Å². The summed E-state index contributed by atoms with van der Waals surface area (Å²) >= 11 is 6.32. The molecular weight excluding hydrogens is 645 g/mol. The molecular formula is C39H33ClFN3O5. The number of methoxy groups -OCH3 is 1. The smallest absolute Gasteiger partial charge is 0.339 e. The number of halogens is 2. The van der Waals surface area contributed by atoms with E-state index in [-0.39, 0.29) is 22.1 Å². The van der Waals surface area contributed by atoms with Gasteiger partial charge in [0.15, 0.2) is 6.61 Å². The van der Waals surface area contributed by atoms with Crippen LogP contribution in [0.1, 0.15) is 55.9 Å². The number of pyridine rings is 1. The zero-order chi connectivity index (χ0) is 34.3. The molecule has 0 saturated carbocycles. The Morgan fingerprint density at radius 3 is 2.51 bits per heavy atom. The molecule has 0 aliphatic heterocycles. The number of nitrogens with one attached hydrogen (secondary N) is 2. The van der Waals surface area contributed by atoms with E-state index in [1.54, 1.807) is 67.8 Å². The molecule has 2 amide bonds. The summed E-state index contributed by atoms with van der Waals surface area (Å²) in [4.78, 5) is 44.6. The molecule has 0 radical (unpaired) electrons. The maximum Gasteiger partial charge on any atom is 0.339 e. The van der Waals surface area contributed by atoms with Crippen molar-refractivity contribution in [3.05, 3.63) is 135 Å². The normalized spacial score (nSPS) is 13.1. The minimum absolute atomic E-state index is 0.258. The van der Waals surface area contributed by atoms with Crippen molar-refractivity contribution >= 4 is 57.6 Å². The summed E-state index contributed by atoms with van der Waals surface area (Å²) in [6, 6.07) is 25.9. The maximum atomic E-state index is 14.7. The number of nitrogens with zero attached hydrogens (tertiary/aromatic N) is 1. The predicted octanol–water partition coefficient (Wildman–Crippen LogP) is 7.68. The Morgan fingerprint density at radius 2 is 1.71 bits per heavy atom. The van der Waals surface area contributed by atoms with Crippen molar-refractivity contribution in [2.75, 3.05) is 25.6 Å². The molecule has 0 unspecified atom stereocenters. The molecule has 0 atom stereocenters. The van der Waals surface area contributed by atoms with Crippen LogP contribution < -0.4 is 15.4 Å². The van der Waals surface area contributed by atoms with E-state index in [1.807, 2.05) is 30.3 Å². The number of ether oxygens (including phenoxy) is 2. The van der Waals surface area contributed by atoms with Gasteiger partial charge in [0.1, 0.15) is 11.6 Å². The molecule has 0 bridgehead atoms. The van der Waals surface area contributed by atoms with Crippen LogP contribution >= 0.6 is 11.6 Å². The number of anilines is 1. The van der Waals surface area contributed by atoms with Crippen molar-refractivity contribution in [1.82, 2.24) is 10.3 Å². The van der Waals surface area contributed by atoms with Gasteiger partial charge in [-0.15, -0.1) is 0 Å². The van der Waals surface area contributed by atoms with E-state index in [2.05, 4.69) is 10.6 Å². The summed E-state index contributed by atoms with van der Waals surface area (Å²) in [6.07, 6.45) is 4.17. The zero-order valence-electron chi connectivity index (χ0n) is 26.7. The zero-order valence-corrected chi connectivity index (χ0v) is 27.5. The number of hydrogen-bond donors (Lipinski definition) is 2. The monoisotopic (exact) mass is 677 g/mol. The Hall–Kier alpha value is -5.54. The van der Waals surface area contributed by atoms with Crippen LogP contribution in [0.15, 0.2) is 91.0 Å². The Kier molecular flexibility index (Phi) is 10.3. The summed E-state index contributed by atoms with van der Waals surface area (Å²) in [5.74, 6) is -1.33. The second-order valence-corrected chi connectivity index (χ2v) is 11.9. The number of benzene rings is 4. The average molecular weight is 678 g/mol. The van der Waals surface area contributed by atoms with Crippen molar-refractivity contribution < 1.29 is 28.2 Å². The number of esters is 1. The number of carbonyl (C=O) groups is 3. The van der Waals surface area contributed by atoms with Gasteiger partial charge in [-0.05, 0) is 90.9 Å². The van der Waals surface area contributed by atoms with E-state index in [4.69, 9.17) is 26.1 Å². The van der Waals surface area contributed by atoms with Gasteiger partial charge in [-0.2, -0.15) is 0 Å². The van der Waals surface area contributed by atoms with Gasteiger partial charge in [-0.1, -0.05) is 60.1 Å². The van der Waals surface area contributed by atoms with Crippen LogP contribution in [0.3, 0.4) is 0 Å². The lowest BCUT2D eigenvalue weighted by atomic mass is 9.86. The van der Waals surface area contributed by atoms with E-state index in [0.29, 0.717) is 65.6 Å². The van der Waals surface area contributed by atoms with Crippen LogP contribution in [0.5, 0.6) is 5.75 Å². The summed E-state index contributed by atoms with van der Waals surface area (Å²) in [7, 11) is 1.60. The SMILES string of the molecule is COc1ccc(CCNC(=O)c2ccccc2NC(=O)COC(=O)c2c3c(nc4ccccc24)C(=Cc2c(F)cccc2Cl)CCC3)cc1. The van der Waals surface area contributed by atoms with Crippen LogP contribution in [-0.2, 0) is 22.4 Å². The molecule has 0 spiro atoms. The molecule has 4 aromatic carbocycles. The van der Waals surface area contributed by atoms with E-state index in [9.17, 15) is 18.8 Å². The van der Waals surface area contributed by atoms with Crippen molar-refractivity contribution in [3.8, 4) is 5.75 Å². The van der Waals surface area contributed by atoms with Gasteiger partial charge < -0.3 is 20.1 Å². The van der Waals surface area contributed by atoms with Gasteiger partial charge in [0.05, 0.1) is 40.2 Å². The van der Waals surface area contributed by atoms with Crippen molar-refractivity contribution in [2.24, 2.45) is 0 Å². The lowest BCUT2D eigenvalue weighted by Crippen LogP contribution is -2.28. The van der Waals surface area contributed by atoms with Crippen LogP contribution in [0.4, 0.5) is 10.1 Å². The van der Waals surface area contributed by atoms with Crippen LogP contribution in [0.2, 0.25) is 5.02 Å². The van der Waals surface area contributed by atoms with Crippen molar-refractivity contribution in [3.63, 3.8) is 0 Å². The molecule has 248 valence electrons. The number of aromatic nitrogens is 1. The first-order valence-corrected chi connectivity index (χ1v) is 16.2. The number of fused-ring (bicyclic) bond motifs is 2. The van der Waals surface area contributed by atoms with Gasteiger partial charge in [0.25, 0.3) is 11.8 Å². The highest BCUT2D eigenvalue weighted by Crippen LogP contribution is 2.37. The molecule has 8 nitrogen and oxygen atoms in total. The second-order valence-electron chi connectivity index (χ2n) is 11.5. The van der Waals surface area contributed by atoms with Gasteiger partial charge in [0, 0.05) is 17.5 Å². The quantitative estimate of drug-likeness (QED) is 0.147. The lowest BCUT2D eigenvalue weighted by molar-refractivity contribution is -0.119. The molecule has 0 fully saturated rings. The molecule has 5 aromatic rings. The molecule has 6 rings (SSSR count). The van der Waals surface area contributed by atoms with E-state index >= 15 is 0 Å². The van der Waals surface area contributed by atoms with Gasteiger partial charge >= 0.3 is 5.97 Å². The van der Waals surface area contributed by atoms with E-state index in [0.717, 1.165) is 16.9 Å². The molecule has 1 aliphatic carbocycles. The fourth-order valence-corrected chi connectivity index (χ4v) is 6.14. The maximum absolute atomic E-state index is 14.7. The lowest BCUT2D eigenvalue weighted by Gasteiger charge is -2.22. The summed E-state index contributed by atoms with van der Waals surface area (Å²) in [5, 5.41) is 6.46. The van der Waals surface area contributed by atoms with E-state index < -0.39 is 24.3 Å². The van der Waals surface area contributed by atoms with Gasteiger partial charge in [-0.3, -0.25) is 9.59 Å². The molecule has 2 N–H and O–H groups in total. The fourth-order valence-electron chi connectivity index (χ4n) is 5.92. The van der Waals surface area contributed by atoms with Crippen LogP contribution in [0.25, 0.3) is 22.6 Å². The number of amides is 2. The molecule has 1 heterocycles. The Balaban J connectivity index is 1.16. The molecule has 1 aliphatic rings. The second kappa shape index (κ2) is 15.1. The summed E-state index contributed by atoms with van der Waals surface area (Å²) < 4.78 is 25.5. The molecule has 0 saturated heterocycles. The van der Waals surface area contributed by atoms with Gasteiger partial charge in [-0.25, -0.2) is 14.2 Å². The highest BCUT2D eigenvalue weighted by atomic mass is 35.5. The molecule has 49 heavy (non-hydrogen) atoms. The highest BCUT2D eigenvalue weighted by molar-refractivity contribution is 6.32. The van der Waals surface area contributed by atoms with Gasteiger partial charge in [0.2, 0.25) is 0 Å². The fraction of sp³-hybridized carbons (Fsp3) is 0.179. The van der Waals surface area contributed by atoms with Crippen LogP contribution in [0, 0.1) is 5.82 Å². The third-order valence-electron chi connectivity index (χ3n) is 8.33. The summed E-state index contributed by atoms with van der Waals surface area (Å²) in [6.45, 7) is -0.190. The highest BCUT2D eigenvalue weighted by Gasteiger charge is 2.27. The number of carbonyl (C=O) groups excluding carboxylic acids is 3. The largest absolute Gasteiger partial charge is 0.497 e. The Bertz CT molecular complexity index is 2060. The topological polar surface area (TPSA) is 107 Å².